The molecule has 0 spiro atoms. The van der Waals surface area contributed by atoms with Crippen molar-refractivity contribution in [3.05, 3.63) is 0 Å². The Labute approximate surface area is 103 Å². The first-order chi connectivity index (χ1) is 7.95. The van der Waals surface area contributed by atoms with Gasteiger partial charge in [0.25, 0.3) is 0 Å². The Balaban J connectivity index is 2.50. The van der Waals surface area contributed by atoms with Crippen molar-refractivity contribution in [3.63, 3.8) is 0 Å². The molecule has 0 radical (unpaired) electrons. The average molecular weight is 244 g/mol. The lowest BCUT2D eigenvalue weighted by molar-refractivity contribution is -0.151. The SMILES string of the molecule is CCOC(CN1CC(C)C(N(C)C)C1)C(=O)O. The number of likely N-dealkylation sites (tertiary alicyclic amines) is 1. The maximum absolute atomic E-state index is 11.0. The van der Waals surface area contributed by atoms with Crippen LogP contribution in [0, 0.1) is 5.92 Å². The van der Waals surface area contributed by atoms with Gasteiger partial charge in [-0.1, -0.05) is 6.92 Å². The van der Waals surface area contributed by atoms with Crippen LogP contribution in [-0.2, 0) is 9.53 Å². The second-order valence-corrected chi connectivity index (χ2v) is 5.01. The van der Waals surface area contributed by atoms with E-state index in [2.05, 4.69) is 30.8 Å². The Kier molecular flexibility index (Phi) is 5.36. The van der Waals surface area contributed by atoms with E-state index >= 15 is 0 Å². The van der Waals surface area contributed by atoms with Gasteiger partial charge in [0.15, 0.2) is 6.10 Å². The van der Waals surface area contributed by atoms with E-state index in [1.54, 1.807) is 0 Å². The molecule has 0 saturated carbocycles. The molecule has 0 aromatic rings. The van der Waals surface area contributed by atoms with Gasteiger partial charge in [-0.05, 0) is 26.9 Å². The third-order valence-electron chi connectivity index (χ3n) is 3.38. The van der Waals surface area contributed by atoms with Crippen molar-refractivity contribution in [2.45, 2.75) is 26.0 Å². The molecule has 1 aliphatic heterocycles. The molecular weight excluding hydrogens is 220 g/mol. The smallest absolute Gasteiger partial charge is 0.334 e. The van der Waals surface area contributed by atoms with Crippen molar-refractivity contribution < 1.29 is 14.6 Å². The van der Waals surface area contributed by atoms with E-state index < -0.39 is 12.1 Å². The highest BCUT2D eigenvalue weighted by molar-refractivity contribution is 5.72. The number of carbonyl (C=O) groups is 1. The number of likely N-dealkylation sites (N-methyl/N-ethyl adjacent to an activating group) is 1. The molecule has 0 aromatic heterocycles. The Morgan fingerprint density at radius 3 is 2.59 bits per heavy atom. The summed E-state index contributed by atoms with van der Waals surface area (Å²) in [7, 11) is 4.14. The van der Waals surface area contributed by atoms with Gasteiger partial charge in [0.2, 0.25) is 0 Å². The minimum atomic E-state index is -0.868. The Bertz CT molecular complexity index is 258. The Morgan fingerprint density at radius 1 is 1.53 bits per heavy atom. The number of nitrogens with zero attached hydrogens (tertiary/aromatic N) is 2. The van der Waals surface area contributed by atoms with Gasteiger partial charge in [-0.15, -0.1) is 0 Å². The number of carboxylic acids is 1. The van der Waals surface area contributed by atoms with E-state index in [1.165, 1.54) is 0 Å². The third-order valence-corrected chi connectivity index (χ3v) is 3.38. The van der Waals surface area contributed by atoms with Crippen molar-refractivity contribution >= 4 is 5.97 Å². The molecule has 1 N–H and O–H groups in total. The molecule has 3 atom stereocenters. The molecule has 3 unspecified atom stereocenters. The second kappa shape index (κ2) is 6.33. The van der Waals surface area contributed by atoms with E-state index in [9.17, 15) is 4.79 Å². The topological polar surface area (TPSA) is 53.0 Å². The van der Waals surface area contributed by atoms with Crippen LogP contribution in [0.2, 0.25) is 0 Å². The number of hydrogen-bond acceptors (Lipinski definition) is 4. The van der Waals surface area contributed by atoms with Gasteiger partial charge in [-0.25, -0.2) is 4.79 Å². The standard InChI is InChI=1S/C12H24N2O3/c1-5-17-11(12(15)16)8-14-6-9(2)10(7-14)13(3)4/h9-11H,5-8H2,1-4H3,(H,15,16). The zero-order valence-electron chi connectivity index (χ0n) is 11.2. The first kappa shape index (κ1) is 14.4. The monoisotopic (exact) mass is 244 g/mol. The third kappa shape index (κ3) is 3.94. The van der Waals surface area contributed by atoms with Crippen LogP contribution < -0.4 is 0 Å². The summed E-state index contributed by atoms with van der Waals surface area (Å²) >= 11 is 0. The van der Waals surface area contributed by atoms with E-state index in [-0.39, 0.29) is 0 Å². The molecule has 100 valence electrons. The van der Waals surface area contributed by atoms with E-state index in [4.69, 9.17) is 9.84 Å². The largest absolute Gasteiger partial charge is 0.479 e. The first-order valence-electron chi connectivity index (χ1n) is 6.18. The minimum absolute atomic E-state index is 0.442. The quantitative estimate of drug-likeness (QED) is 0.731. The molecular formula is C12H24N2O3. The molecule has 1 aliphatic rings. The van der Waals surface area contributed by atoms with Crippen LogP contribution in [0.15, 0.2) is 0 Å². The van der Waals surface area contributed by atoms with Crippen molar-refractivity contribution in [1.29, 1.82) is 0 Å². The van der Waals surface area contributed by atoms with Gasteiger partial charge in [0.1, 0.15) is 0 Å². The van der Waals surface area contributed by atoms with Gasteiger partial charge in [-0.2, -0.15) is 0 Å². The molecule has 1 saturated heterocycles. The number of carboxylic acid groups (broad SMARTS) is 1. The van der Waals surface area contributed by atoms with Crippen LogP contribution >= 0.6 is 0 Å². The summed E-state index contributed by atoms with van der Waals surface area (Å²) in [5.74, 6) is -0.297. The van der Waals surface area contributed by atoms with Crippen LogP contribution in [-0.4, -0.2) is 73.4 Å². The highest BCUT2D eigenvalue weighted by atomic mass is 16.5. The van der Waals surface area contributed by atoms with E-state index in [0.717, 1.165) is 13.1 Å². The summed E-state index contributed by atoms with van der Waals surface area (Å²) < 4.78 is 5.24. The van der Waals surface area contributed by atoms with Crippen LogP contribution in [0.4, 0.5) is 0 Å². The van der Waals surface area contributed by atoms with Gasteiger partial charge >= 0.3 is 5.97 Å². The molecule has 0 amide bonds. The van der Waals surface area contributed by atoms with Crippen molar-refractivity contribution in [2.24, 2.45) is 5.92 Å². The van der Waals surface area contributed by atoms with Crippen molar-refractivity contribution in [3.8, 4) is 0 Å². The lowest BCUT2D eigenvalue weighted by atomic mass is 10.1. The second-order valence-electron chi connectivity index (χ2n) is 5.01. The van der Waals surface area contributed by atoms with E-state index in [0.29, 0.717) is 25.1 Å². The first-order valence-corrected chi connectivity index (χ1v) is 6.18. The summed E-state index contributed by atoms with van der Waals surface area (Å²) in [5, 5.41) is 9.04. The Hall–Kier alpha value is -0.650. The lowest BCUT2D eigenvalue weighted by Gasteiger charge is -2.23. The predicted molar refractivity (Wildman–Crippen MR) is 66.1 cm³/mol. The van der Waals surface area contributed by atoms with Crippen LogP contribution in [0.5, 0.6) is 0 Å². The molecule has 5 nitrogen and oxygen atoms in total. The van der Waals surface area contributed by atoms with Gasteiger partial charge < -0.3 is 14.7 Å². The number of hydrogen-bond donors (Lipinski definition) is 1. The van der Waals surface area contributed by atoms with Crippen LogP contribution in [0.1, 0.15) is 13.8 Å². The zero-order chi connectivity index (χ0) is 13.0. The van der Waals surface area contributed by atoms with Crippen LogP contribution in [0.25, 0.3) is 0 Å². The van der Waals surface area contributed by atoms with Crippen LogP contribution in [0.3, 0.4) is 0 Å². The summed E-state index contributed by atoms with van der Waals surface area (Å²) in [6, 6.07) is 0.506. The zero-order valence-corrected chi connectivity index (χ0v) is 11.2. The fraction of sp³-hybridized carbons (Fsp3) is 0.917. The predicted octanol–water partition coefficient (Wildman–Crippen LogP) is 0.358. The van der Waals surface area contributed by atoms with Gasteiger partial charge in [0.05, 0.1) is 0 Å². The molecule has 1 heterocycles. The van der Waals surface area contributed by atoms with Gasteiger partial charge in [0, 0.05) is 32.3 Å². The number of ether oxygens (including phenoxy) is 1. The molecule has 1 rings (SSSR count). The summed E-state index contributed by atoms with van der Waals surface area (Å²) in [5.41, 5.74) is 0. The fourth-order valence-corrected chi connectivity index (χ4v) is 2.51. The Morgan fingerprint density at radius 2 is 2.18 bits per heavy atom. The lowest BCUT2D eigenvalue weighted by Crippen LogP contribution is -2.39. The minimum Gasteiger partial charge on any atom is -0.479 e. The van der Waals surface area contributed by atoms with Crippen molar-refractivity contribution in [1.82, 2.24) is 9.80 Å². The molecule has 17 heavy (non-hydrogen) atoms. The molecule has 0 aromatic carbocycles. The molecule has 0 aliphatic carbocycles. The highest BCUT2D eigenvalue weighted by Gasteiger charge is 2.33. The van der Waals surface area contributed by atoms with E-state index in [1.807, 2.05) is 6.92 Å². The average Bonchev–Trinajstić information content (AvgIpc) is 2.59. The maximum Gasteiger partial charge on any atom is 0.334 e. The maximum atomic E-state index is 11.0. The highest BCUT2D eigenvalue weighted by Crippen LogP contribution is 2.20. The number of aliphatic carboxylic acids is 1. The number of rotatable bonds is 6. The normalized spacial score (nSPS) is 27.6. The summed E-state index contributed by atoms with van der Waals surface area (Å²) in [6.07, 6.45) is -0.701. The molecule has 0 bridgehead atoms. The summed E-state index contributed by atoms with van der Waals surface area (Å²) in [6.45, 7) is 6.83. The molecule has 1 fully saturated rings. The van der Waals surface area contributed by atoms with Crippen molar-refractivity contribution in [2.75, 3.05) is 40.3 Å². The fourth-order valence-electron chi connectivity index (χ4n) is 2.51. The van der Waals surface area contributed by atoms with Gasteiger partial charge in [-0.3, -0.25) is 4.90 Å². The summed E-state index contributed by atoms with van der Waals surface area (Å²) in [4.78, 5) is 15.4. The molecule has 5 heteroatoms.